The highest BCUT2D eigenvalue weighted by molar-refractivity contribution is 6.30. The third kappa shape index (κ3) is 2.77. The molecule has 2 N–H and O–H groups in total. The van der Waals surface area contributed by atoms with Gasteiger partial charge in [0.15, 0.2) is 0 Å². The highest BCUT2D eigenvalue weighted by Crippen LogP contribution is 2.25. The van der Waals surface area contributed by atoms with E-state index in [1.165, 1.54) is 7.11 Å². The van der Waals surface area contributed by atoms with Gasteiger partial charge in [0.2, 0.25) is 5.88 Å². The smallest absolute Gasteiger partial charge is 0.262 e. The molecular formula is C13H13ClN2O3. The number of nitrogens with zero attached hydrogens (tertiary/aromatic N) is 1. The first-order valence-electron chi connectivity index (χ1n) is 5.65. The van der Waals surface area contributed by atoms with Crippen LogP contribution in [0.1, 0.15) is 18.9 Å². The van der Waals surface area contributed by atoms with Crippen molar-refractivity contribution in [2.24, 2.45) is 0 Å². The lowest BCUT2D eigenvalue weighted by molar-refractivity contribution is 0.111. The second-order valence-corrected chi connectivity index (χ2v) is 4.47. The quantitative estimate of drug-likeness (QED) is 0.906. The fraction of sp³-hybridized carbons (Fsp3) is 0.231. The highest BCUT2D eigenvalue weighted by Gasteiger charge is 2.15. The minimum atomic E-state index is -0.422. The van der Waals surface area contributed by atoms with E-state index in [1.54, 1.807) is 31.2 Å². The average molecular weight is 281 g/mol. The number of methoxy groups -OCH3 is 1. The number of benzene rings is 1. The van der Waals surface area contributed by atoms with Crippen LogP contribution in [0.3, 0.4) is 0 Å². The number of nitrogens with one attached hydrogen (secondary N) is 1. The van der Waals surface area contributed by atoms with Crippen LogP contribution in [0, 0.1) is 0 Å². The summed E-state index contributed by atoms with van der Waals surface area (Å²) in [6.07, 6.45) is -0.405. The van der Waals surface area contributed by atoms with E-state index in [-0.39, 0.29) is 17.3 Å². The summed E-state index contributed by atoms with van der Waals surface area (Å²) in [5, 5.41) is 10.5. The highest BCUT2D eigenvalue weighted by atomic mass is 35.5. The Labute approximate surface area is 114 Å². The molecular weight excluding hydrogens is 268 g/mol. The molecule has 6 heteroatoms. The van der Waals surface area contributed by atoms with Crippen LogP contribution in [0.15, 0.2) is 29.1 Å². The standard InChI is InChI=1S/C13H13ClN2O3/c1-7(19-2)11-15-12(17)10(13(18)16-11)8-3-5-9(14)6-4-8/h3-7H,1-2H3,(H2,15,16,17,18). The number of H-pyrrole nitrogens is 1. The van der Waals surface area contributed by atoms with Gasteiger partial charge in [0, 0.05) is 12.1 Å². The SMILES string of the molecule is COC(C)c1nc(O)c(-c2ccc(Cl)cc2)c(=O)[nH]1. The van der Waals surface area contributed by atoms with E-state index >= 15 is 0 Å². The van der Waals surface area contributed by atoms with Crippen molar-refractivity contribution < 1.29 is 9.84 Å². The van der Waals surface area contributed by atoms with Crippen molar-refractivity contribution in [3.05, 3.63) is 45.5 Å². The topological polar surface area (TPSA) is 75.2 Å². The van der Waals surface area contributed by atoms with Crippen LogP contribution in [0.5, 0.6) is 5.88 Å². The normalized spacial score (nSPS) is 12.4. The Kier molecular flexibility index (Phi) is 3.87. The van der Waals surface area contributed by atoms with Crippen LogP contribution in [0.2, 0.25) is 5.02 Å². The maximum Gasteiger partial charge on any atom is 0.262 e. The van der Waals surface area contributed by atoms with Gasteiger partial charge < -0.3 is 14.8 Å². The van der Waals surface area contributed by atoms with Gasteiger partial charge in [0.05, 0.1) is 0 Å². The predicted octanol–water partition coefficient (Wildman–Crippen LogP) is 2.50. The number of hydrogen-bond acceptors (Lipinski definition) is 4. The van der Waals surface area contributed by atoms with E-state index in [2.05, 4.69) is 9.97 Å². The van der Waals surface area contributed by atoms with Gasteiger partial charge in [0.25, 0.3) is 5.56 Å². The second-order valence-electron chi connectivity index (χ2n) is 4.03. The summed E-state index contributed by atoms with van der Waals surface area (Å²) >= 11 is 5.78. The molecule has 1 unspecified atom stereocenters. The third-order valence-electron chi connectivity index (χ3n) is 2.79. The Morgan fingerprint density at radius 2 is 2.00 bits per heavy atom. The fourth-order valence-corrected chi connectivity index (χ4v) is 1.79. The molecule has 2 rings (SSSR count). The monoisotopic (exact) mass is 280 g/mol. The molecule has 0 fully saturated rings. The molecule has 5 nitrogen and oxygen atoms in total. The lowest BCUT2D eigenvalue weighted by atomic mass is 10.1. The summed E-state index contributed by atoms with van der Waals surface area (Å²) in [4.78, 5) is 18.6. The zero-order chi connectivity index (χ0) is 14.0. The van der Waals surface area contributed by atoms with Crippen LogP contribution in [-0.4, -0.2) is 22.2 Å². The summed E-state index contributed by atoms with van der Waals surface area (Å²) in [7, 11) is 1.49. The van der Waals surface area contributed by atoms with Gasteiger partial charge in [-0.05, 0) is 24.6 Å². The van der Waals surface area contributed by atoms with Gasteiger partial charge in [-0.3, -0.25) is 4.79 Å². The molecule has 0 saturated carbocycles. The molecule has 0 aliphatic carbocycles. The average Bonchev–Trinajstić information content (AvgIpc) is 2.39. The number of aromatic hydroxyl groups is 1. The summed E-state index contributed by atoms with van der Waals surface area (Å²) in [5.41, 5.74) is 0.240. The van der Waals surface area contributed by atoms with E-state index in [1.807, 2.05) is 0 Å². The van der Waals surface area contributed by atoms with Crippen LogP contribution < -0.4 is 5.56 Å². The molecule has 0 aliphatic rings. The van der Waals surface area contributed by atoms with Gasteiger partial charge in [0.1, 0.15) is 17.5 Å². The Morgan fingerprint density at radius 3 is 2.53 bits per heavy atom. The van der Waals surface area contributed by atoms with Crippen LogP contribution in [-0.2, 0) is 4.74 Å². The number of hydrogen-bond donors (Lipinski definition) is 2. The van der Waals surface area contributed by atoms with Gasteiger partial charge in [-0.2, -0.15) is 4.98 Å². The molecule has 19 heavy (non-hydrogen) atoms. The molecule has 0 bridgehead atoms. The Hall–Kier alpha value is -1.85. The van der Waals surface area contributed by atoms with Crippen LogP contribution in [0.25, 0.3) is 11.1 Å². The van der Waals surface area contributed by atoms with Crippen molar-refractivity contribution in [3.8, 4) is 17.0 Å². The Morgan fingerprint density at radius 1 is 1.37 bits per heavy atom. The van der Waals surface area contributed by atoms with E-state index < -0.39 is 11.7 Å². The fourth-order valence-electron chi connectivity index (χ4n) is 1.66. The lowest BCUT2D eigenvalue weighted by Crippen LogP contribution is -2.16. The molecule has 0 amide bonds. The first-order valence-corrected chi connectivity index (χ1v) is 6.02. The van der Waals surface area contributed by atoms with Crippen molar-refractivity contribution in [1.82, 2.24) is 9.97 Å². The number of halogens is 1. The minimum absolute atomic E-state index is 0.115. The van der Waals surface area contributed by atoms with Crippen molar-refractivity contribution in [3.63, 3.8) is 0 Å². The first kappa shape index (κ1) is 13.6. The Bertz CT molecular complexity index is 637. The molecule has 100 valence electrons. The van der Waals surface area contributed by atoms with Gasteiger partial charge in [-0.25, -0.2) is 0 Å². The predicted molar refractivity (Wildman–Crippen MR) is 72.4 cm³/mol. The van der Waals surface area contributed by atoms with E-state index in [0.29, 0.717) is 10.6 Å². The molecule has 0 radical (unpaired) electrons. The molecule has 1 heterocycles. The third-order valence-corrected chi connectivity index (χ3v) is 3.04. The largest absolute Gasteiger partial charge is 0.493 e. The summed E-state index contributed by atoms with van der Waals surface area (Å²) < 4.78 is 5.05. The molecule has 0 saturated heterocycles. The number of rotatable bonds is 3. The maximum atomic E-state index is 12.0. The van der Waals surface area contributed by atoms with Gasteiger partial charge in [-0.15, -0.1) is 0 Å². The number of ether oxygens (including phenoxy) is 1. The number of aromatic nitrogens is 2. The van der Waals surface area contributed by atoms with E-state index in [0.717, 1.165) is 0 Å². The molecule has 0 spiro atoms. The first-order chi connectivity index (χ1) is 9.02. The summed E-state index contributed by atoms with van der Waals surface area (Å²) in [5.74, 6) is -0.0484. The molecule has 1 aromatic carbocycles. The van der Waals surface area contributed by atoms with Crippen LogP contribution >= 0.6 is 11.6 Å². The zero-order valence-corrected chi connectivity index (χ0v) is 11.2. The molecule has 0 aliphatic heterocycles. The Balaban J connectivity index is 2.54. The lowest BCUT2D eigenvalue weighted by Gasteiger charge is -2.10. The van der Waals surface area contributed by atoms with Crippen LogP contribution in [0.4, 0.5) is 0 Å². The summed E-state index contributed by atoms with van der Waals surface area (Å²) in [6.45, 7) is 1.72. The molecule has 2 aromatic rings. The molecule has 1 aromatic heterocycles. The van der Waals surface area contributed by atoms with Crippen molar-refractivity contribution in [2.45, 2.75) is 13.0 Å². The summed E-state index contributed by atoms with van der Waals surface area (Å²) in [6, 6.07) is 6.57. The maximum absolute atomic E-state index is 12.0. The van der Waals surface area contributed by atoms with Crippen molar-refractivity contribution in [1.29, 1.82) is 0 Å². The van der Waals surface area contributed by atoms with Gasteiger partial charge >= 0.3 is 0 Å². The van der Waals surface area contributed by atoms with Gasteiger partial charge in [-0.1, -0.05) is 23.7 Å². The second kappa shape index (κ2) is 5.42. The zero-order valence-electron chi connectivity index (χ0n) is 10.5. The van der Waals surface area contributed by atoms with E-state index in [9.17, 15) is 9.90 Å². The minimum Gasteiger partial charge on any atom is -0.493 e. The van der Waals surface area contributed by atoms with E-state index in [4.69, 9.17) is 16.3 Å². The number of aromatic amines is 1. The van der Waals surface area contributed by atoms with Crippen molar-refractivity contribution in [2.75, 3.05) is 7.11 Å². The van der Waals surface area contributed by atoms with Crippen molar-refractivity contribution >= 4 is 11.6 Å². The molecule has 1 atom stereocenters.